The van der Waals surface area contributed by atoms with E-state index in [9.17, 15) is 5.26 Å². The summed E-state index contributed by atoms with van der Waals surface area (Å²) in [5.41, 5.74) is 10.0. The molecule has 0 aromatic heterocycles. The SMILES string of the molecule is Cc1ccccc1/C(N)=C(/C#N)c1ccccc1. The van der Waals surface area contributed by atoms with E-state index >= 15 is 0 Å². The molecule has 0 saturated carbocycles. The smallest absolute Gasteiger partial charge is 0.102 e. The van der Waals surface area contributed by atoms with E-state index in [-0.39, 0.29) is 0 Å². The lowest BCUT2D eigenvalue weighted by molar-refractivity contribution is 1.39. The molecule has 0 heterocycles. The molecule has 0 atom stereocenters. The van der Waals surface area contributed by atoms with Crippen LogP contribution in [0.15, 0.2) is 54.6 Å². The summed E-state index contributed by atoms with van der Waals surface area (Å²) in [4.78, 5) is 0. The monoisotopic (exact) mass is 234 g/mol. The van der Waals surface area contributed by atoms with Gasteiger partial charge in [0.2, 0.25) is 0 Å². The lowest BCUT2D eigenvalue weighted by Crippen LogP contribution is -2.02. The number of hydrogen-bond acceptors (Lipinski definition) is 2. The van der Waals surface area contributed by atoms with Crippen LogP contribution in [0.2, 0.25) is 0 Å². The highest BCUT2D eigenvalue weighted by Crippen LogP contribution is 2.23. The van der Waals surface area contributed by atoms with Gasteiger partial charge in [-0.25, -0.2) is 0 Å². The van der Waals surface area contributed by atoms with Crippen LogP contribution in [0.1, 0.15) is 16.7 Å². The van der Waals surface area contributed by atoms with Gasteiger partial charge in [0.15, 0.2) is 0 Å². The minimum atomic E-state index is 0.518. The van der Waals surface area contributed by atoms with Gasteiger partial charge in [0, 0.05) is 5.56 Å². The Morgan fingerprint density at radius 3 is 2.22 bits per heavy atom. The van der Waals surface area contributed by atoms with Crippen molar-refractivity contribution in [3.63, 3.8) is 0 Å². The number of rotatable bonds is 2. The molecule has 2 N–H and O–H groups in total. The molecule has 2 aromatic rings. The Morgan fingerprint density at radius 1 is 1.00 bits per heavy atom. The van der Waals surface area contributed by atoms with Gasteiger partial charge in [-0.2, -0.15) is 5.26 Å². The Kier molecular flexibility index (Phi) is 3.45. The zero-order chi connectivity index (χ0) is 13.0. The summed E-state index contributed by atoms with van der Waals surface area (Å²) in [5, 5.41) is 9.31. The highest BCUT2D eigenvalue weighted by atomic mass is 14.6. The second-order valence-electron chi connectivity index (χ2n) is 4.08. The molecule has 0 aliphatic rings. The Balaban J connectivity index is 2.59. The Morgan fingerprint density at radius 2 is 1.61 bits per heavy atom. The zero-order valence-electron chi connectivity index (χ0n) is 10.2. The maximum Gasteiger partial charge on any atom is 0.102 e. The highest BCUT2D eigenvalue weighted by Gasteiger charge is 2.09. The Hall–Kier alpha value is -2.53. The first-order valence-corrected chi connectivity index (χ1v) is 5.75. The van der Waals surface area contributed by atoms with Crippen LogP contribution in [-0.2, 0) is 0 Å². The van der Waals surface area contributed by atoms with Crippen molar-refractivity contribution in [2.75, 3.05) is 0 Å². The predicted octanol–water partition coefficient (Wildman–Crippen LogP) is 3.35. The summed E-state index contributed by atoms with van der Waals surface area (Å²) in [6.45, 7) is 1.99. The van der Waals surface area contributed by atoms with Gasteiger partial charge in [0.1, 0.15) is 6.07 Å². The van der Waals surface area contributed by atoms with Crippen LogP contribution in [-0.4, -0.2) is 0 Å². The molecule has 0 fully saturated rings. The normalized spacial score (nSPS) is 11.6. The lowest BCUT2D eigenvalue weighted by Gasteiger charge is -2.08. The third-order valence-corrected chi connectivity index (χ3v) is 2.88. The largest absolute Gasteiger partial charge is 0.397 e. The molecular weight excluding hydrogens is 220 g/mol. The number of nitriles is 1. The van der Waals surface area contributed by atoms with Crippen molar-refractivity contribution in [3.05, 3.63) is 71.3 Å². The van der Waals surface area contributed by atoms with E-state index in [1.165, 1.54) is 0 Å². The Bertz CT molecular complexity index is 619. The maximum absolute atomic E-state index is 9.31. The topological polar surface area (TPSA) is 49.8 Å². The molecular formula is C16H14N2. The van der Waals surface area contributed by atoms with E-state index in [4.69, 9.17) is 5.73 Å². The third kappa shape index (κ3) is 2.26. The number of benzene rings is 2. The molecule has 88 valence electrons. The molecule has 18 heavy (non-hydrogen) atoms. The zero-order valence-corrected chi connectivity index (χ0v) is 10.2. The standard InChI is InChI=1S/C16H14N2/c1-12-7-5-6-10-14(12)16(18)15(11-17)13-8-3-2-4-9-13/h2-10H,18H2,1H3/b16-15+. The van der Waals surface area contributed by atoms with Crippen molar-refractivity contribution in [1.82, 2.24) is 0 Å². The van der Waals surface area contributed by atoms with E-state index in [0.29, 0.717) is 11.3 Å². The van der Waals surface area contributed by atoms with Crippen molar-refractivity contribution in [2.24, 2.45) is 5.73 Å². The number of nitrogens with two attached hydrogens (primary N) is 1. The van der Waals surface area contributed by atoms with E-state index in [2.05, 4.69) is 6.07 Å². The van der Waals surface area contributed by atoms with Crippen molar-refractivity contribution < 1.29 is 0 Å². The molecule has 2 nitrogen and oxygen atoms in total. The fraction of sp³-hybridized carbons (Fsp3) is 0.0625. The first-order chi connectivity index (χ1) is 8.74. The van der Waals surface area contributed by atoms with Gasteiger partial charge >= 0.3 is 0 Å². The molecule has 0 aliphatic heterocycles. The first kappa shape index (κ1) is 11.9. The van der Waals surface area contributed by atoms with Gasteiger partial charge in [0.05, 0.1) is 11.3 Å². The average Bonchev–Trinajstić information content (AvgIpc) is 2.41. The van der Waals surface area contributed by atoms with Crippen LogP contribution in [0.25, 0.3) is 11.3 Å². The van der Waals surface area contributed by atoms with Gasteiger partial charge in [-0.05, 0) is 18.1 Å². The van der Waals surface area contributed by atoms with Crippen LogP contribution in [0, 0.1) is 18.3 Å². The molecule has 2 heteroatoms. The predicted molar refractivity (Wildman–Crippen MR) is 74.2 cm³/mol. The molecule has 0 amide bonds. The summed E-state index contributed by atoms with van der Waals surface area (Å²) in [6, 6.07) is 19.5. The summed E-state index contributed by atoms with van der Waals surface area (Å²) >= 11 is 0. The van der Waals surface area contributed by atoms with Crippen LogP contribution < -0.4 is 5.73 Å². The second-order valence-corrected chi connectivity index (χ2v) is 4.08. The van der Waals surface area contributed by atoms with Crippen molar-refractivity contribution in [1.29, 1.82) is 5.26 Å². The quantitative estimate of drug-likeness (QED) is 0.640. The molecule has 0 saturated heterocycles. The van der Waals surface area contributed by atoms with Crippen LogP contribution >= 0.6 is 0 Å². The first-order valence-electron chi connectivity index (χ1n) is 5.75. The minimum Gasteiger partial charge on any atom is -0.397 e. The minimum absolute atomic E-state index is 0.518. The van der Waals surface area contributed by atoms with E-state index in [1.54, 1.807) is 0 Å². The third-order valence-electron chi connectivity index (χ3n) is 2.88. The fourth-order valence-electron chi connectivity index (χ4n) is 1.89. The number of hydrogen-bond donors (Lipinski definition) is 1. The molecule has 0 aliphatic carbocycles. The van der Waals surface area contributed by atoms with Gasteiger partial charge in [-0.15, -0.1) is 0 Å². The molecule has 0 radical (unpaired) electrons. The molecule has 0 bridgehead atoms. The molecule has 0 spiro atoms. The molecule has 0 unspecified atom stereocenters. The van der Waals surface area contributed by atoms with Crippen LogP contribution in [0.3, 0.4) is 0 Å². The Labute approximate surface area is 107 Å². The fourth-order valence-corrected chi connectivity index (χ4v) is 1.89. The maximum atomic E-state index is 9.31. The van der Waals surface area contributed by atoms with E-state index in [1.807, 2.05) is 61.5 Å². The van der Waals surface area contributed by atoms with Gasteiger partial charge in [-0.3, -0.25) is 0 Å². The second kappa shape index (κ2) is 5.20. The summed E-state index contributed by atoms with van der Waals surface area (Å²) in [5.74, 6) is 0. The van der Waals surface area contributed by atoms with E-state index in [0.717, 1.165) is 16.7 Å². The van der Waals surface area contributed by atoms with Crippen molar-refractivity contribution in [2.45, 2.75) is 6.92 Å². The van der Waals surface area contributed by atoms with E-state index < -0.39 is 0 Å². The number of aryl methyl sites for hydroxylation is 1. The summed E-state index contributed by atoms with van der Waals surface area (Å²) < 4.78 is 0. The van der Waals surface area contributed by atoms with Gasteiger partial charge in [0.25, 0.3) is 0 Å². The summed E-state index contributed by atoms with van der Waals surface area (Å²) in [6.07, 6.45) is 0. The highest BCUT2D eigenvalue weighted by molar-refractivity contribution is 5.96. The number of nitrogens with zero attached hydrogens (tertiary/aromatic N) is 1. The molecule has 2 rings (SSSR count). The van der Waals surface area contributed by atoms with Gasteiger partial charge < -0.3 is 5.73 Å². The van der Waals surface area contributed by atoms with Gasteiger partial charge in [-0.1, -0.05) is 54.6 Å². The van der Waals surface area contributed by atoms with Crippen LogP contribution in [0.5, 0.6) is 0 Å². The lowest BCUT2D eigenvalue weighted by atomic mass is 9.98. The number of allylic oxidation sites excluding steroid dienone is 1. The molecule has 2 aromatic carbocycles. The van der Waals surface area contributed by atoms with Crippen molar-refractivity contribution >= 4 is 11.3 Å². The van der Waals surface area contributed by atoms with Crippen molar-refractivity contribution in [3.8, 4) is 6.07 Å². The average molecular weight is 234 g/mol. The summed E-state index contributed by atoms with van der Waals surface area (Å²) in [7, 11) is 0. The van der Waals surface area contributed by atoms with Crippen LogP contribution in [0.4, 0.5) is 0 Å².